The lowest BCUT2D eigenvalue weighted by molar-refractivity contribution is 0.0269. The molecule has 1 aliphatic heterocycles. The molecule has 8 nitrogen and oxygen atoms in total. The number of anilines is 1. The SMILES string of the molecule is CC(C)[C@@H](C)Nc1c(-c2c(F)cc(/C=C/C3[C@H]4CN(C(=O)OC(C)(C)C)C[C@@H]34)cc2F)c(Cl)nc2ncnn12. The molecule has 208 valence electrons. The Morgan fingerprint density at radius 1 is 1.15 bits per heavy atom. The standard InChI is InChI=1S/C28H33ClF2N6O2/c1-14(2)15(3)34-25-23(24(29)35-26-32-13-33-37(25)26)22-20(30)9-16(10-21(22)31)7-8-17-18-11-36(12-19(17)18)27(38)39-28(4,5)6/h7-10,13-15,17-19,34H,11-12H2,1-6H3/b8-7+/t15-,17?,18-,19+/m1/s1. The number of ether oxygens (including phenoxy) is 1. The maximum Gasteiger partial charge on any atom is 0.410 e. The summed E-state index contributed by atoms with van der Waals surface area (Å²) in [7, 11) is 0. The quantitative estimate of drug-likeness (QED) is 0.357. The molecule has 11 heteroatoms. The Morgan fingerprint density at radius 2 is 1.79 bits per heavy atom. The van der Waals surface area contributed by atoms with Crippen LogP contribution in [0.2, 0.25) is 5.15 Å². The van der Waals surface area contributed by atoms with Gasteiger partial charge in [0.1, 0.15) is 34.5 Å². The zero-order valence-corrected chi connectivity index (χ0v) is 23.6. The third-order valence-electron chi connectivity index (χ3n) is 7.48. The van der Waals surface area contributed by atoms with Crippen LogP contribution in [0.15, 0.2) is 24.5 Å². The van der Waals surface area contributed by atoms with E-state index in [1.165, 1.54) is 23.0 Å². The average Bonchev–Trinajstić information content (AvgIpc) is 3.16. The second-order valence-corrected chi connectivity index (χ2v) is 12.1. The number of fused-ring (bicyclic) bond motifs is 2. The van der Waals surface area contributed by atoms with Crippen molar-refractivity contribution >= 4 is 35.4 Å². The molecule has 0 bridgehead atoms. The molecule has 2 aromatic heterocycles. The minimum atomic E-state index is -0.759. The molecule has 1 unspecified atom stereocenters. The van der Waals surface area contributed by atoms with Crippen molar-refractivity contribution in [3.8, 4) is 11.1 Å². The third-order valence-corrected chi connectivity index (χ3v) is 7.76. The van der Waals surface area contributed by atoms with Crippen LogP contribution >= 0.6 is 11.6 Å². The van der Waals surface area contributed by atoms with Crippen molar-refractivity contribution in [2.45, 2.75) is 53.2 Å². The van der Waals surface area contributed by atoms with Gasteiger partial charge in [0, 0.05) is 19.1 Å². The van der Waals surface area contributed by atoms with Gasteiger partial charge in [-0.05, 0) is 69.1 Å². The first-order valence-corrected chi connectivity index (χ1v) is 13.5. The number of amides is 1. The molecule has 1 aliphatic carbocycles. The number of rotatable bonds is 6. The Balaban J connectivity index is 1.37. The predicted octanol–water partition coefficient (Wildman–Crippen LogP) is 6.31. The van der Waals surface area contributed by atoms with Crippen molar-refractivity contribution < 1.29 is 18.3 Å². The van der Waals surface area contributed by atoms with Crippen LogP contribution < -0.4 is 5.32 Å². The Labute approximate surface area is 231 Å². The molecule has 39 heavy (non-hydrogen) atoms. The average molecular weight is 559 g/mol. The molecular formula is C28H33ClF2N6O2. The minimum Gasteiger partial charge on any atom is -0.444 e. The van der Waals surface area contributed by atoms with Gasteiger partial charge in [0.05, 0.1) is 11.1 Å². The number of nitrogens with zero attached hydrogens (tertiary/aromatic N) is 5. The molecule has 1 saturated carbocycles. The van der Waals surface area contributed by atoms with Gasteiger partial charge in [-0.15, -0.1) is 0 Å². The van der Waals surface area contributed by atoms with Crippen LogP contribution in [0.4, 0.5) is 19.4 Å². The lowest BCUT2D eigenvalue weighted by Gasteiger charge is -2.25. The maximum absolute atomic E-state index is 15.5. The largest absolute Gasteiger partial charge is 0.444 e. The fourth-order valence-electron chi connectivity index (χ4n) is 5.04. The number of hydrogen-bond acceptors (Lipinski definition) is 6. The van der Waals surface area contributed by atoms with Gasteiger partial charge in [0.25, 0.3) is 5.78 Å². The molecule has 5 rings (SSSR count). The molecule has 0 radical (unpaired) electrons. The number of piperidine rings is 1. The highest BCUT2D eigenvalue weighted by Crippen LogP contribution is 2.53. The Kier molecular flexibility index (Phi) is 7.03. The summed E-state index contributed by atoms with van der Waals surface area (Å²) in [6.45, 7) is 12.8. The second-order valence-electron chi connectivity index (χ2n) is 11.8. The van der Waals surface area contributed by atoms with Gasteiger partial charge in [-0.3, -0.25) is 0 Å². The van der Waals surface area contributed by atoms with Gasteiger partial charge in [-0.1, -0.05) is 37.6 Å². The van der Waals surface area contributed by atoms with Gasteiger partial charge in [0.15, 0.2) is 0 Å². The van der Waals surface area contributed by atoms with Crippen LogP contribution in [0.25, 0.3) is 23.0 Å². The van der Waals surface area contributed by atoms with E-state index in [9.17, 15) is 4.79 Å². The molecule has 3 aromatic rings. The van der Waals surface area contributed by atoms with Crippen molar-refractivity contribution in [2.24, 2.45) is 23.7 Å². The predicted molar refractivity (Wildman–Crippen MR) is 146 cm³/mol. The number of halogens is 3. The van der Waals surface area contributed by atoms with Crippen LogP contribution in [0.5, 0.6) is 0 Å². The van der Waals surface area contributed by atoms with E-state index in [1.54, 1.807) is 11.0 Å². The van der Waals surface area contributed by atoms with E-state index in [0.29, 0.717) is 36.3 Å². The zero-order chi connectivity index (χ0) is 28.2. The normalized spacial score (nSPS) is 21.6. The number of aromatic nitrogens is 4. The van der Waals surface area contributed by atoms with Gasteiger partial charge in [0.2, 0.25) is 0 Å². The van der Waals surface area contributed by atoms with E-state index in [4.69, 9.17) is 16.3 Å². The summed E-state index contributed by atoms with van der Waals surface area (Å²) in [5.74, 6) is 0.181. The van der Waals surface area contributed by atoms with Crippen molar-refractivity contribution in [1.29, 1.82) is 0 Å². The molecule has 1 amide bonds. The number of likely N-dealkylation sites (tertiary alicyclic amines) is 1. The number of nitrogens with one attached hydrogen (secondary N) is 1. The third kappa shape index (κ3) is 5.44. The monoisotopic (exact) mass is 558 g/mol. The molecule has 0 spiro atoms. The maximum atomic E-state index is 15.5. The first-order chi connectivity index (χ1) is 18.3. The molecule has 1 aromatic carbocycles. The fourth-order valence-corrected chi connectivity index (χ4v) is 5.30. The summed E-state index contributed by atoms with van der Waals surface area (Å²) in [6.07, 6.45) is 4.72. The summed E-state index contributed by atoms with van der Waals surface area (Å²) in [5.41, 5.74) is -0.323. The number of hydrogen-bond donors (Lipinski definition) is 1. The molecular weight excluding hydrogens is 526 g/mol. The lowest BCUT2D eigenvalue weighted by Crippen LogP contribution is -2.36. The van der Waals surface area contributed by atoms with Crippen LogP contribution in [-0.4, -0.2) is 55.3 Å². The highest BCUT2D eigenvalue weighted by molar-refractivity contribution is 6.33. The first kappa shape index (κ1) is 27.3. The number of benzene rings is 1. The van der Waals surface area contributed by atoms with Gasteiger partial charge < -0.3 is 15.0 Å². The van der Waals surface area contributed by atoms with Crippen LogP contribution in [0, 0.1) is 35.3 Å². The number of carbonyl (C=O) groups excluding carboxylic acids is 1. The summed E-state index contributed by atoms with van der Waals surface area (Å²) in [5, 5.41) is 7.41. The van der Waals surface area contributed by atoms with E-state index >= 15 is 8.78 Å². The summed E-state index contributed by atoms with van der Waals surface area (Å²) in [6, 6.07) is 2.53. The second kappa shape index (κ2) is 10.0. The summed E-state index contributed by atoms with van der Waals surface area (Å²) < 4.78 is 37.9. The van der Waals surface area contributed by atoms with Gasteiger partial charge >= 0.3 is 6.09 Å². The van der Waals surface area contributed by atoms with E-state index in [0.717, 1.165) is 0 Å². The smallest absolute Gasteiger partial charge is 0.410 e. The highest BCUT2D eigenvalue weighted by Gasteiger charge is 2.55. The van der Waals surface area contributed by atoms with E-state index in [1.807, 2.05) is 47.6 Å². The zero-order valence-electron chi connectivity index (χ0n) is 22.9. The van der Waals surface area contributed by atoms with Crippen molar-refractivity contribution in [3.05, 3.63) is 46.9 Å². The Morgan fingerprint density at radius 3 is 2.38 bits per heavy atom. The minimum absolute atomic E-state index is 0.0489. The molecule has 4 atom stereocenters. The van der Waals surface area contributed by atoms with Gasteiger partial charge in [-0.25, -0.2) is 13.6 Å². The molecule has 2 aliphatic rings. The van der Waals surface area contributed by atoms with Crippen LogP contribution in [-0.2, 0) is 4.74 Å². The lowest BCUT2D eigenvalue weighted by atomic mass is 10.0. The van der Waals surface area contributed by atoms with E-state index < -0.39 is 17.2 Å². The van der Waals surface area contributed by atoms with Crippen LogP contribution in [0.1, 0.15) is 47.1 Å². The molecule has 1 saturated heterocycles. The van der Waals surface area contributed by atoms with Crippen molar-refractivity contribution in [2.75, 3.05) is 18.4 Å². The molecule has 3 heterocycles. The number of allylic oxidation sites excluding steroid dienone is 1. The fraction of sp³-hybridized carbons (Fsp3) is 0.500. The van der Waals surface area contributed by atoms with Crippen LogP contribution in [0.3, 0.4) is 0 Å². The summed E-state index contributed by atoms with van der Waals surface area (Å²) >= 11 is 6.46. The summed E-state index contributed by atoms with van der Waals surface area (Å²) in [4.78, 5) is 22.3. The molecule has 2 fully saturated rings. The topological polar surface area (TPSA) is 84.7 Å². The molecule has 1 N–H and O–H groups in total. The van der Waals surface area contributed by atoms with Crippen molar-refractivity contribution in [3.63, 3.8) is 0 Å². The first-order valence-electron chi connectivity index (χ1n) is 13.2. The number of carbonyl (C=O) groups is 1. The Hall–Kier alpha value is -3.27. The highest BCUT2D eigenvalue weighted by atomic mass is 35.5. The van der Waals surface area contributed by atoms with Gasteiger partial charge in [-0.2, -0.15) is 19.6 Å². The van der Waals surface area contributed by atoms with E-state index in [2.05, 4.69) is 20.4 Å². The van der Waals surface area contributed by atoms with E-state index in [-0.39, 0.29) is 46.0 Å². The Bertz CT molecular complexity index is 1410. The van der Waals surface area contributed by atoms with Crippen molar-refractivity contribution in [1.82, 2.24) is 24.5 Å².